The van der Waals surface area contributed by atoms with Crippen molar-refractivity contribution in [3.63, 3.8) is 0 Å². The second-order valence-corrected chi connectivity index (χ2v) is 8.33. The van der Waals surface area contributed by atoms with Gasteiger partial charge < -0.3 is 19.5 Å². The third-order valence-corrected chi connectivity index (χ3v) is 4.50. The topological polar surface area (TPSA) is 73.9 Å². The van der Waals surface area contributed by atoms with E-state index in [-0.39, 0.29) is 17.8 Å². The van der Waals surface area contributed by atoms with E-state index >= 15 is 0 Å². The molecule has 0 aliphatic rings. The summed E-state index contributed by atoms with van der Waals surface area (Å²) < 4.78 is 16.4. The van der Waals surface area contributed by atoms with Crippen LogP contribution in [0, 0.1) is 11.8 Å². The zero-order chi connectivity index (χ0) is 23.5. The first-order valence-corrected chi connectivity index (χ1v) is 10.9. The molecular formula is C26H33NO5. The van der Waals surface area contributed by atoms with Crippen LogP contribution in [0.2, 0.25) is 0 Å². The molecule has 172 valence electrons. The van der Waals surface area contributed by atoms with Crippen LogP contribution in [0.5, 0.6) is 11.5 Å². The Kier molecular flexibility index (Phi) is 9.79. The number of methoxy groups -OCH3 is 1. The van der Waals surface area contributed by atoms with Gasteiger partial charge in [0.05, 0.1) is 25.9 Å². The molecule has 2 aromatic rings. The molecule has 0 saturated heterocycles. The number of carbonyl (C=O) groups is 2. The minimum absolute atomic E-state index is 0.276. The van der Waals surface area contributed by atoms with Gasteiger partial charge >= 0.3 is 5.97 Å². The fourth-order valence-corrected chi connectivity index (χ4v) is 2.68. The van der Waals surface area contributed by atoms with Crippen LogP contribution in [0.15, 0.2) is 48.5 Å². The number of hydrogen-bond donors (Lipinski definition) is 1. The first kappa shape index (κ1) is 25.0. The fourth-order valence-electron chi connectivity index (χ4n) is 2.68. The van der Waals surface area contributed by atoms with E-state index in [9.17, 15) is 9.59 Å². The first-order valence-electron chi connectivity index (χ1n) is 10.9. The highest BCUT2D eigenvalue weighted by Gasteiger charge is 2.09. The third kappa shape index (κ3) is 8.46. The summed E-state index contributed by atoms with van der Waals surface area (Å²) in [6.07, 6.45) is 4.11. The standard InChI is InChI=1S/C26H33NO5/c1-18(2)14-15-31-23-12-6-20(16-24(23)30-5)7-13-25(28)27-22-10-8-21(9-11-22)26(29)32-17-19(3)4/h6-13,16,18-19H,14-15,17H2,1-5H3,(H,27,28)/b13-7+. The zero-order valence-corrected chi connectivity index (χ0v) is 19.5. The Bertz CT molecular complexity index is 916. The number of carbonyl (C=O) groups excluding carboxylic acids is 2. The van der Waals surface area contributed by atoms with E-state index in [1.807, 2.05) is 32.0 Å². The highest BCUT2D eigenvalue weighted by atomic mass is 16.5. The minimum atomic E-state index is -0.373. The number of hydrogen-bond acceptors (Lipinski definition) is 5. The van der Waals surface area contributed by atoms with Crippen LogP contribution >= 0.6 is 0 Å². The molecule has 2 rings (SSSR count). The van der Waals surface area contributed by atoms with Gasteiger partial charge in [-0.25, -0.2) is 4.79 Å². The second kappa shape index (κ2) is 12.5. The Hall–Kier alpha value is -3.28. The van der Waals surface area contributed by atoms with Gasteiger partial charge in [-0.15, -0.1) is 0 Å². The predicted molar refractivity (Wildman–Crippen MR) is 127 cm³/mol. The van der Waals surface area contributed by atoms with E-state index in [0.29, 0.717) is 41.9 Å². The van der Waals surface area contributed by atoms with Crippen LogP contribution in [0.3, 0.4) is 0 Å². The van der Waals surface area contributed by atoms with E-state index in [1.54, 1.807) is 37.5 Å². The molecule has 1 N–H and O–H groups in total. The van der Waals surface area contributed by atoms with Crippen molar-refractivity contribution in [2.24, 2.45) is 11.8 Å². The van der Waals surface area contributed by atoms with Gasteiger partial charge in [0.1, 0.15) is 0 Å². The molecule has 0 radical (unpaired) electrons. The lowest BCUT2D eigenvalue weighted by Crippen LogP contribution is -2.11. The molecule has 0 aromatic heterocycles. The smallest absolute Gasteiger partial charge is 0.338 e. The van der Waals surface area contributed by atoms with Gasteiger partial charge in [0, 0.05) is 11.8 Å². The first-order chi connectivity index (χ1) is 15.3. The number of amides is 1. The number of benzene rings is 2. The van der Waals surface area contributed by atoms with E-state index in [0.717, 1.165) is 12.0 Å². The molecule has 0 saturated carbocycles. The summed E-state index contributed by atoms with van der Waals surface area (Å²) in [6.45, 7) is 9.25. The number of nitrogens with one attached hydrogen (secondary N) is 1. The summed E-state index contributed by atoms with van der Waals surface area (Å²) in [5.41, 5.74) is 1.85. The van der Waals surface area contributed by atoms with Gasteiger partial charge in [0.15, 0.2) is 11.5 Å². The fraction of sp³-hybridized carbons (Fsp3) is 0.385. The van der Waals surface area contributed by atoms with E-state index in [1.165, 1.54) is 6.08 Å². The summed E-state index contributed by atoms with van der Waals surface area (Å²) in [5, 5.41) is 2.77. The maximum Gasteiger partial charge on any atom is 0.338 e. The van der Waals surface area contributed by atoms with Crippen molar-refractivity contribution in [2.45, 2.75) is 34.1 Å². The van der Waals surface area contributed by atoms with E-state index in [4.69, 9.17) is 14.2 Å². The molecule has 32 heavy (non-hydrogen) atoms. The van der Waals surface area contributed by atoms with Crippen molar-refractivity contribution in [2.75, 3.05) is 25.6 Å². The van der Waals surface area contributed by atoms with Crippen molar-refractivity contribution < 1.29 is 23.8 Å². The summed E-state index contributed by atoms with van der Waals surface area (Å²) in [6, 6.07) is 12.1. The summed E-state index contributed by atoms with van der Waals surface area (Å²) in [7, 11) is 1.59. The average molecular weight is 440 g/mol. The van der Waals surface area contributed by atoms with Gasteiger partial charge in [-0.3, -0.25) is 4.79 Å². The quantitative estimate of drug-likeness (QED) is 0.365. The lowest BCUT2D eigenvalue weighted by Gasteiger charge is -2.12. The summed E-state index contributed by atoms with van der Waals surface area (Å²) in [5.74, 6) is 1.49. The Morgan fingerprint density at radius 2 is 1.69 bits per heavy atom. The zero-order valence-electron chi connectivity index (χ0n) is 19.5. The van der Waals surface area contributed by atoms with Crippen molar-refractivity contribution in [3.05, 3.63) is 59.7 Å². The molecule has 0 spiro atoms. The molecule has 1 amide bonds. The molecule has 0 aliphatic heterocycles. The molecule has 6 heteroatoms. The number of esters is 1. The second-order valence-electron chi connectivity index (χ2n) is 8.33. The van der Waals surface area contributed by atoms with E-state index < -0.39 is 0 Å². The molecule has 0 bridgehead atoms. The normalized spacial score (nSPS) is 11.1. The maximum absolute atomic E-state index is 12.3. The van der Waals surface area contributed by atoms with Crippen molar-refractivity contribution in [3.8, 4) is 11.5 Å². The molecule has 0 unspecified atom stereocenters. The number of anilines is 1. The van der Waals surface area contributed by atoms with Gasteiger partial charge in [-0.2, -0.15) is 0 Å². The minimum Gasteiger partial charge on any atom is -0.493 e. The van der Waals surface area contributed by atoms with Gasteiger partial charge in [-0.1, -0.05) is 33.8 Å². The Morgan fingerprint density at radius 1 is 0.969 bits per heavy atom. The summed E-state index contributed by atoms with van der Waals surface area (Å²) >= 11 is 0. The van der Waals surface area contributed by atoms with Gasteiger partial charge in [0.25, 0.3) is 0 Å². The number of rotatable bonds is 11. The van der Waals surface area contributed by atoms with Crippen LogP contribution in [0.4, 0.5) is 5.69 Å². The van der Waals surface area contributed by atoms with Gasteiger partial charge in [0.2, 0.25) is 5.91 Å². The molecule has 0 fully saturated rings. The predicted octanol–water partition coefficient (Wildman–Crippen LogP) is 5.58. The Labute approximate surface area is 190 Å². The average Bonchev–Trinajstić information content (AvgIpc) is 2.76. The van der Waals surface area contributed by atoms with Gasteiger partial charge in [-0.05, 0) is 66.3 Å². The van der Waals surface area contributed by atoms with Crippen molar-refractivity contribution in [1.82, 2.24) is 0 Å². The highest BCUT2D eigenvalue weighted by Crippen LogP contribution is 2.29. The van der Waals surface area contributed by atoms with Crippen LogP contribution in [-0.2, 0) is 9.53 Å². The highest BCUT2D eigenvalue weighted by molar-refractivity contribution is 6.02. The summed E-state index contributed by atoms with van der Waals surface area (Å²) in [4.78, 5) is 24.2. The Balaban J connectivity index is 1.93. The molecule has 6 nitrogen and oxygen atoms in total. The van der Waals surface area contributed by atoms with Crippen LogP contribution < -0.4 is 14.8 Å². The third-order valence-electron chi connectivity index (χ3n) is 4.50. The molecule has 0 heterocycles. The van der Waals surface area contributed by atoms with Crippen molar-refractivity contribution >= 4 is 23.6 Å². The van der Waals surface area contributed by atoms with Crippen LogP contribution in [0.25, 0.3) is 6.08 Å². The Morgan fingerprint density at radius 3 is 2.31 bits per heavy atom. The lowest BCUT2D eigenvalue weighted by atomic mass is 10.1. The SMILES string of the molecule is COc1cc(/C=C/C(=O)Nc2ccc(C(=O)OCC(C)C)cc2)ccc1OCCC(C)C. The van der Waals surface area contributed by atoms with Crippen LogP contribution in [0.1, 0.15) is 50.0 Å². The largest absolute Gasteiger partial charge is 0.493 e. The molecular weight excluding hydrogens is 406 g/mol. The van der Waals surface area contributed by atoms with Crippen LogP contribution in [-0.4, -0.2) is 32.2 Å². The van der Waals surface area contributed by atoms with E-state index in [2.05, 4.69) is 19.2 Å². The lowest BCUT2D eigenvalue weighted by molar-refractivity contribution is -0.111. The molecule has 0 atom stereocenters. The van der Waals surface area contributed by atoms with Crippen molar-refractivity contribution in [1.29, 1.82) is 0 Å². The monoisotopic (exact) mass is 439 g/mol. The maximum atomic E-state index is 12.3. The molecule has 2 aromatic carbocycles. The molecule has 0 aliphatic carbocycles. The number of ether oxygens (including phenoxy) is 3.